The first-order valence-electron chi connectivity index (χ1n) is 6.58. The summed E-state index contributed by atoms with van der Waals surface area (Å²) in [4.78, 5) is 12.0. The summed E-state index contributed by atoms with van der Waals surface area (Å²) in [6.45, 7) is 6.30. The van der Waals surface area contributed by atoms with Gasteiger partial charge in [0, 0.05) is 5.69 Å². The van der Waals surface area contributed by atoms with E-state index in [9.17, 15) is 4.79 Å². The average molecular weight is 263 g/mol. The molecule has 1 unspecified atom stereocenters. The summed E-state index contributed by atoms with van der Waals surface area (Å²) in [7, 11) is 0. The van der Waals surface area contributed by atoms with Gasteiger partial charge >= 0.3 is 5.97 Å². The van der Waals surface area contributed by atoms with Gasteiger partial charge in [-0.25, -0.2) is 4.79 Å². The largest absolute Gasteiger partial charge is 0.459 e. The summed E-state index contributed by atoms with van der Waals surface area (Å²) in [5.74, 6) is -0.380. The van der Waals surface area contributed by atoms with E-state index < -0.39 is 0 Å². The van der Waals surface area contributed by atoms with Gasteiger partial charge in [-0.05, 0) is 45.7 Å². The fraction of sp³-hybridized carbons (Fsp3) is 0.533. The summed E-state index contributed by atoms with van der Waals surface area (Å²) in [6, 6.07) is 5.34. The Bertz CT molecular complexity index is 482. The maximum Gasteiger partial charge on any atom is 0.340 e. The molecule has 1 heterocycles. The van der Waals surface area contributed by atoms with Crippen LogP contribution in [0.4, 0.5) is 5.69 Å². The van der Waals surface area contributed by atoms with Crippen molar-refractivity contribution >= 4 is 11.7 Å². The Hall–Kier alpha value is -1.55. The van der Waals surface area contributed by atoms with Gasteiger partial charge in [-0.15, -0.1) is 0 Å². The zero-order valence-electron chi connectivity index (χ0n) is 11.7. The molecule has 0 spiro atoms. The second-order valence-corrected chi connectivity index (χ2v) is 5.73. The minimum Gasteiger partial charge on any atom is -0.459 e. The molecule has 0 bridgehead atoms. The van der Waals surface area contributed by atoms with E-state index in [1.165, 1.54) is 0 Å². The van der Waals surface area contributed by atoms with Gasteiger partial charge in [0.25, 0.3) is 0 Å². The number of carbonyl (C=O) groups is 1. The van der Waals surface area contributed by atoms with E-state index in [1.807, 2.05) is 26.8 Å². The molecule has 4 heteroatoms. The number of nitrogens with two attached hydrogens (primary N) is 1. The number of aryl methyl sites for hydroxylation is 1. The van der Waals surface area contributed by atoms with Crippen molar-refractivity contribution in [3.8, 4) is 0 Å². The molecule has 104 valence electrons. The number of benzene rings is 1. The number of ether oxygens (including phenoxy) is 2. The molecule has 1 saturated heterocycles. The highest BCUT2D eigenvalue weighted by Crippen LogP contribution is 2.29. The Morgan fingerprint density at radius 1 is 1.53 bits per heavy atom. The standard InChI is InChI=1S/C15H21NO3/c1-10-4-5-13(16)12(8-10)14(17)18-9-11-6-7-15(2,3)19-11/h4-5,8,11H,6-7,9,16H2,1-3H3. The minimum atomic E-state index is -0.380. The van der Waals surface area contributed by atoms with E-state index in [-0.39, 0.29) is 24.3 Å². The van der Waals surface area contributed by atoms with Crippen molar-refractivity contribution in [1.82, 2.24) is 0 Å². The summed E-state index contributed by atoms with van der Waals surface area (Å²) in [6.07, 6.45) is 1.90. The van der Waals surface area contributed by atoms with Crippen LogP contribution in [0.3, 0.4) is 0 Å². The number of rotatable bonds is 3. The van der Waals surface area contributed by atoms with Gasteiger partial charge in [-0.1, -0.05) is 11.6 Å². The molecule has 0 aromatic heterocycles. The lowest BCUT2D eigenvalue weighted by molar-refractivity contribution is -0.0444. The van der Waals surface area contributed by atoms with Crippen molar-refractivity contribution in [1.29, 1.82) is 0 Å². The third-order valence-electron chi connectivity index (χ3n) is 3.38. The molecule has 0 saturated carbocycles. The quantitative estimate of drug-likeness (QED) is 0.672. The Morgan fingerprint density at radius 2 is 2.26 bits per heavy atom. The van der Waals surface area contributed by atoms with Gasteiger partial charge in [-0.2, -0.15) is 0 Å². The Balaban J connectivity index is 1.93. The number of carbonyl (C=O) groups excluding carboxylic acids is 1. The van der Waals surface area contributed by atoms with Crippen LogP contribution in [0.1, 0.15) is 42.6 Å². The third kappa shape index (κ3) is 3.47. The molecule has 1 fully saturated rings. The predicted octanol–water partition coefficient (Wildman–Crippen LogP) is 2.69. The maximum atomic E-state index is 12.0. The second-order valence-electron chi connectivity index (χ2n) is 5.73. The minimum absolute atomic E-state index is 0.00927. The summed E-state index contributed by atoms with van der Waals surface area (Å²) in [5, 5.41) is 0. The lowest BCUT2D eigenvalue weighted by atomic mass is 10.1. The number of hydrogen-bond donors (Lipinski definition) is 1. The summed E-state index contributed by atoms with van der Waals surface area (Å²) < 4.78 is 11.1. The fourth-order valence-electron chi connectivity index (χ4n) is 2.29. The van der Waals surface area contributed by atoms with E-state index in [0.717, 1.165) is 18.4 Å². The normalized spacial score (nSPS) is 21.3. The SMILES string of the molecule is Cc1ccc(N)c(C(=O)OCC2CCC(C)(C)O2)c1. The molecule has 1 aliphatic rings. The Labute approximate surface area is 113 Å². The molecule has 1 atom stereocenters. The van der Waals surface area contributed by atoms with Crippen LogP contribution < -0.4 is 5.73 Å². The van der Waals surface area contributed by atoms with Gasteiger partial charge < -0.3 is 15.2 Å². The number of anilines is 1. The second kappa shape index (κ2) is 5.21. The Morgan fingerprint density at radius 3 is 2.89 bits per heavy atom. The molecule has 19 heavy (non-hydrogen) atoms. The molecule has 4 nitrogen and oxygen atoms in total. The van der Waals surface area contributed by atoms with Gasteiger partial charge in [-0.3, -0.25) is 0 Å². The van der Waals surface area contributed by atoms with E-state index in [2.05, 4.69) is 0 Å². The van der Waals surface area contributed by atoms with Crippen molar-refractivity contribution in [2.45, 2.75) is 45.3 Å². The topological polar surface area (TPSA) is 61.6 Å². The van der Waals surface area contributed by atoms with Crippen LogP contribution in [0.2, 0.25) is 0 Å². The van der Waals surface area contributed by atoms with Gasteiger partial charge in [0.1, 0.15) is 6.61 Å². The molecule has 0 amide bonds. The van der Waals surface area contributed by atoms with E-state index >= 15 is 0 Å². The van der Waals surface area contributed by atoms with Gasteiger partial charge in [0.05, 0.1) is 17.3 Å². The van der Waals surface area contributed by atoms with Crippen molar-refractivity contribution in [2.24, 2.45) is 0 Å². The monoisotopic (exact) mass is 263 g/mol. The summed E-state index contributed by atoms with van der Waals surface area (Å²) in [5.41, 5.74) is 7.53. The van der Waals surface area contributed by atoms with Crippen LogP contribution in [-0.4, -0.2) is 24.3 Å². The van der Waals surface area contributed by atoms with E-state index in [4.69, 9.17) is 15.2 Å². The first kappa shape index (κ1) is 13.9. The molecule has 2 rings (SSSR count). The van der Waals surface area contributed by atoms with Crippen molar-refractivity contribution in [3.05, 3.63) is 29.3 Å². The molecule has 2 N–H and O–H groups in total. The van der Waals surface area contributed by atoms with Crippen molar-refractivity contribution in [2.75, 3.05) is 12.3 Å². The van der Waals surface area contributed by atoms with Crippen molar-refractivity contribution in [3.63, 3.8) is 0 Å². The van der Waals surface area contributed by atoms with Gasteiger partial charge in [0.2, 0.25) is 0 Å². The highest BCUT2D eigenvalue weighted by molar-refractivity contribution is 5.95. The zero-order valence-corrected chi connectivity index (χ0v) is 11.7. The number of nitrogen functional groups attached to an aromatic ring is 1. The highest BCUT2D eigenvalue weighted by atomic mass is 16.6. The molecular weight excluding hydrogens is 242 g/mol. The molecular formula is C15H21NO3. The third-order valence-corrected chi connectivity index (χ3v) is 3.38. The van der Waals surface area contributed by atoms with Crippen LogP contribution >= 0.6 is 0 Å². The zero-order chi connectivity index (χ0) is 14.0. The van der Waals surface area contributed by atoms with Crippen LogP contribution in [0.5, 0.6) is 0 Å². The van der Waals surface area contributed by atoms with Crippen molar-refractivity contribution < 1.29 is 14.3 Å². The van der Waals surface area contributed by atoms with Crippen LogP contribution in [0.25, 0.3) is 0 Å². The average Bonchev–Trinajstić information content (AvgIpc) is 2.69. The lowest BCUT2D eigenvalue weighted by Crippen LogP contribution is -2.24. The van der Waals surface area contributed by atoms with E-state index in [1.54, 1.807) is 12.1 Å². The Kier molecular flexibility index (Phi) is 3.80. The number of esters is 1. The van der Waals surface area contributed by atoms with Crippen LogP contribution in [-0.2, 0) is 9.47 Å². The molecule has 0 radical (unpaired) electrons. The molecule has 1 aromatic rings. The predicted molar refractivity (Wildman–Crippen MR) is 74.1 cm³/mol. The van der Waals surface area contributed by atoms with Gasteiger partial charge in [0.15, 0.2) is 0 Å². The smallest absolute Gasteiger partial charge is 0.340 e. The molecule has 1 aliphatic heterocycles. The first-order valence-corrected chi connectivity index (χ1v) is 6.58. The lowest BCUT2D eigenvalue weighted by Gasteiger charge is -2.19. The highest BCUT2D eigenvalue weighted by Gasteiger charge is 2.32. The first-order chi connectivity index (χ1) is 8.87. The van der Waals surface area contributed by atoms with Crippen LogP contribution in [0.15, 0.2) is 18.2 Å². The maximum absolute atomic E-state index is 12.0. The number of hydrogen-bond acceptors (Lipinski definition) is 4. The molecule has 1 aromatic carbocycles. The van der Waals surface area contributed by atoms with E-state index in [0.29, 0.717) is 11.3 Å². The van der Waals surface area contributed by atoms with Crippen LogP contribution in [0, 0.1) is 6.92 Å². The summed E-state index contributed by atoms with van der Waals surface area (Å²) >= 11 is 0. The molecule has 0 aliphatic carbocycles. The fourth-order valence-corrected chi connectivity index (χ4v) is 2.29.